The van der Waals surface area contributed by atoms with Gasteiger partial charge in [-0.25, -0.2) is 0 Å². The van der Waals surface area contributed by atoms with E-state index in [1.54, 1.807) is 0 Å². The monoisotopic (exact) mass is 406 g/mol. The van der Waals surface area contributed by atoms with Crippen LogP contribution in [0.4, 0.5) is 18.9 Å². The third kappa shape index (κ3) is 4.31. The molecule has 8 heteroatoms. The van der Waals surface area contributed by atoms with Gasteiger partial charge in [0.25, 0.3) is 5.91 Å². The highest BCUT2D eigenvalue weighted by Gasteiger charge is 2.40. The second kappa shape index (κ2) is 7.57. The summed E-state index contributed by atoms with van der Waals surface area (Å²) in [7, 11) is 0. The summed E-state index contributed by atoms with van der Waals surface area (Å²) in [6.07, 6.45) is 1.37. The van der Waals surface area contributed by atoms with Gasteiger partial charge in [0.1, 0.15) is 5.75 Å². The molecular formula is C21H21F3N2O3. The Morgan fingerprint density at radius 1 is 1.17 bits per heavy atom. The molecule has 1 aromatic heterocycles. The van der Waals surface area contributed by atoms with Gasteiger partial charge in [-0.1, -0.05) is 6.42 Å². The van der Waals surface area contributed by atoms with E-state index in [0.29, 0.717) is 24.4 Å². The van der Waals surface area contributed by atoms with Crippen LogP contribution in [0.1, 0.15) is 41.6 Å². The number of pyridine rings is 1. The van der Waals surface area contributed by atoms with Crippen molar-refractivity contribution in [3.8, 4) is 5.75 Å². The second-order valence-electron chi connectivity index (χ2n) is 7.85. The van der Waals surface area contributed by atoms with Gasteiger partial charge in [0.15, 0.2) is 0 Å². The van der Waals surface area contributed by atoms with Crippen LogP contribution in [-0.2, 0) is 6.18 Å². The number of amides is 1. The van der Waals surface area contributed by atoms with Crippen molar-refractivity contribution in [3.63, 3.8) is 0 Å². The van der Waals surface area contributed by atoms with Crippen LogP contribution in [0, 0.1) is 17.8 Å². The van der Waals surface area contributed by atoms with E-state index in [0.717, 1.165) is 37.5 Å². The van der Waals surface area contributed by atoms with Crippen molar-refractivity contribution in [2.75, 3.05) is 11.9 Å². The summed E-state index contributed by atoms with van der Waals surface area (Å²) in [5.74, 6) is 0.831. The fourth-order valence-corrected chi connectivity index (χ4v) is 4.50. The van der Waals surface area contributed by atoms with Gasteiger partial charge in [0.05, 0.1) is 17.7 Å². The van der Waals surface area contributed by atoms with Crippen LogP contribution in [0.15, 0.2) is 41.3 Å². The number of aromatic nitrogens is 1. The zero-order valence-electron chi connectivity index (χ0n) is 15.6. The number of aromatic amines is 1. The molecule has 154 valence electrons. The van der Waals surface area contributed by atoms with E-state index in [4.69, 9.17) is 4.74 Å². The number of benzene rings is 1. The van der Waals surface area contributed by atoms with Gasteiger partial charge in [-0.2, -0.15) is 13.2 Å². The van der Waals surface area contributed by atoms with Crippen LogP contribution < -0.4 is 15.6 Å². The van der Waals surface area contributed by atoms with Crippen molar-refractivity contribution in [3.05, 3.63) is 58.0 Å². The molecule has 2 aromatic rings. The number of alkyl halides is 3. The Labute approximate surface area is 165 Å². The number of ether oxygens (including phenoxy) is 1. The molecule has 5 nitrogen and oxygen atoms in total. The molecule has 0 aliphatic heterocycles. The number of rotatable bonds is 5. The highest BCUT2D eigenvalue weighted by molar-refractivity contribution is 6.06. The quantitative estimate of drug-likeness (QED) is 0.770. The normalized spacial score (nSPS) is 23.2. The third-order valence-electron chi connectivity index (χ3n) is 5.92. The predicted octanol–water partition coefficient (Wildman–Crippen LogP) is 4.46. The Kier molecular flexibility index (Phi) is 5.10. The first kappa shape index (κ1) is 19.5. The molecule has 2 aliphatic rings. The first-order valence-electron chi connectivity index (χ1n) is 9.64. The topological polar surface area (TPSA) is 71.2 Å². The molecule has 0 saturated heterocycles. The summed E-state index contributed by atoms with van der Waals surface area (Å²) in [4.78, 5) is 26.5. The number of hydrogen-bond donors (Lipinski definition) is 2. The highest BCUT2D eigenvalue weighted by Crippen LogP contribution is 2.48. The van der Waals surface area contributed by atoms with Gasteiger partial charge >= 0.3 is 6.18 Å². The number of hydrogen-bond acceptors (Lipinski definition) is 3. The molecule has 4 rings (SSSR count). The van der Waals surface area contributed by atoms with Gasteiger partial charge in [-0.05, 0) is 61.3 Å². The van der Waals surface area contributed by atoms with Crippen LogP contribution in [-0.4, -0.2) is 17.5 Å². The SMILES string of the molecule is O=C(Nc1cc[nH]c(=O)c1)c1ccc(C(F)(F)F)cc1OCC1CC2CCC1C2. The highest BCUT2D eigenvalue weighted by atomic mass is 19.4. The Bertz CT molecular complexity index is 970. The molecule has 1 aromatic carbocycles. The molecule has 0 radical (unpaired) electrons. The lowest BCUT2D eigenvalue weighted by molar-refractivity contribution is -0.137. The van der Waals surface area contributed by atoms with E-state index in [-0.39, 0.29) is 17.0 Å². The average molecular weight is 406 g/mol. The standard InChI is InChI=1S/C21H21F3N2O3/c22-21(23,24)15-3-4-17(20(28)26-16-5-6-25-19(27)10-16)18(9-15)29-11-14-8-12-1-2-13(14)7-12/h3-6,9-10,12-14H,1-2,7-8,11H2,(H2,25,26,27,28). The van der Waals surface area contributed by atoms with E-state index in [2.05, 4.69) is 10.3 Å². The molecule has 3 atom stereocenters. The van der Waals surface area contributed by atoms with Gasteiger partial charge in [-0.3, -0.25) is 9.59 Å². The summed E-state index contributed by atoms with van der Waals surface area (Å²) < 4.78 is 45.2. The lowest BCUT2D eigenvalue weighted by Crippen LogP contribution is -2.21. The van der Waals surface area contributed by atoms with Gasteiger partial charge < -0.3 is 15.0 Å². The molecule has 2 bridgehead atoms. The molecule has 29 heavy (non-hydrogen) atoms. The number of anilines is 1. The van der Waals surface area contributed by atoms with Crippen LogP contribution in [0.5, 0.6) is 5.75 Å². The Morgan fingerprint density at radius 3 is 2.66 bits per heavy atom. The van der Waals surface area contributed by atoms with Crippen molar-refractivity contribution >= 4 is 11.6 Å². The zero-order chi connectivity index (χ0) is 20.6. The lowest BCUT2D eigenvalue weighted by atomic mass is 9.89. The van der Waals surface area contributed by atoms with Crippen molar-refractivity contribution in [2.24, 2.45) is 17.8 Å². The average Bonchev–Trinajstić information content (AvgIpc) is 3.28. The largest absolute Gasteiger partial charge is 0.492 e. The first-order valence-corrected chi connectivity index (χ1v) is 9.64. The van der Waals surface area contributed by atoms with E-state index in [1.807, 2.05) is 0 Å². The molecule has 0 spiro atoms. The minimum atomic E-state index is -4.54. The van der Waals surface area contributed by atoms with Crippen LogP contribution >= 0.6 is 0 Å². The number of fused-ring (bicyclic) bond motifs is 2. The van der Waals surface area contributed by atoms with Crippen LogP contribution in [0.2, 0.25) is 0 Å². The number of nitrogens with one attached hydrogen (secondary N) is 2. The minimum absolute atomic E-state index is 0.00133. The van der Waals surface area contributed by atoms with E-state index < -0.39 is 23.2 Å². The number of H-pyrrole nitrogens is 1. The third-order valence-corrected chi connectivity index (χ3v) is 5.92. The summed E-state index contributed by atoms with van der Waals surface area (Å²) >= 11 is 0. The van der Waals surface area contributed by atoms with Gasteiger partial charge in [0, 0.05) is 18.0 Å². The molecular weight excluding hydrogens is 385 g/mol. The van der Waals surface area contributed by atoms with Gasteiger partial charge in [0.2, 0.25) is 5.56 Å². The van der Waals surface area contributed by atoms with E-state index >= 15 is 0 Å². The summed E-state index contributed by atoms with van der Waals surface area (Å²) in [5, 5.41) is 2.53. The molecule has 2 fully saturated rings. The molecule has 3 unspecified atom stereocenters. The smallest absolute Gasteiger partial charge is 0.416 e. The number of carbonyl (C=O) groups excluding carboxylic acids is 1. The van der Waals surface area contributed by atoms with E-state index in [1.165, 1.54) is 24.8 Å². The maximum Gasteiger partial charge on any atom is 0.416 e. The van der Waals surface area contributed by atoms with Crippen molar-refractivity contribution in [1.82, 2.24) is 4.98 Å². The second-order valence-corrected chi connectivity index (χ2v) is 7.85. The summed E-state index contributed by atoms with van der Waals surface area (Å²) in [5.41, 5.74) is -1.02. The molecule has 2 N–H and O–H groups in total. The van der Waals surface area contributed by atoms with E-state index in [9.17, 15) is 22.8 Å². The molecule has 1 amide bonds. The molecule has 2 saturated carbocycles. The Morgan fingerprint density at radius 2 is 2.00 bits per heavy atom. The Hall–Kier alpha value is -2.77. The lowest BCUT2D eigenvalue weighted by Gasteiger charge is -2.23. The first-order chi connectivity index (χ1) is 13.8. The zero-order valence-corrected chi connectivity index (χ0v) is 15.6. The van der Waals surface area contributed by atoms with Crippen molar-refractivity contribution in [1.29, 1.82) is 0 Å². The summed E-state index contributed by atoms with van der Waals surface area (Å²) in [6.45, 7) is 0.299. The maximum atomic E-state index is 13.2. The Balaban J connectivity index is 1.56. The van der Waals surface area contributed by atoms with Crippen molar-refractivity contribution < 1.29 is 22.7 Å². The minimum Gasteiger partial charge on any atom is -0.492 e. The van der Waals surface area contributed by atoms with Gasteiger partial charge in [-0.15, -0.1) is 0 Å². The van der Waals surface area contributed by atoms with Crippen molar-refractivity contribution in [2.45, 2.75) is 31.9 Å². The number of halogens is 3. The molecule has 2 aliphatic carbocycles. The number of carbonyl (C=O) groups is 1. The van der Waals surface area contributed by atoms with Crippen LogP contribution in [0.3, 0.4) is 0 Å². The maximum absolute atomic E-state index is 13.2. The summed E-state index contributed by atoms with van der Waals surface area (Å²) in [6, 6.07) is 5.52. The fourth-order valence-electron chi connectivity index (χ4n) is 4.50. The van der Waals surface area contributed by atoms with Crippen LogP contribution in [0.25, 0.3) is 0 Å². The molecule has 1 heterocycles. The fraction of sp³-hybridized carbons (Fsp3) is 0.429. The predicted molar refractivity (Wildman–Crippen MR) is 101 cm³/mol.